The second kappa shape index (κ2) is 7.06. The number of nitrogens with one attached hydrogen (secondary N) is 2. The van der Waals surface area contributed by atoms with Crippen molar-refractivity contribution in [2.24, 2.45) is 0 Å². The molecule has 6 heteroatoms. The highest BCUT2D eigenvalue weighted by molar-refractivity contribution is 5.94. The highest BCUT2D eigenvalue weighted by Gasteiger charge is 2.19. The largest absolute Gasteiger partial charge is 0.493 e. The average Bonchev–Trinajstić information content (AvgIpc) is 2.95. The third-order valence-electron chi connectivity index (χ3n) is 3.59. The molecule has 0 bridgehead atoms. The first-order chi connectivity index (χ1) is 10.7. The average molecular weight is 306 g/mol. The molecule has 6 nitrogen and oxygen atoms in total. The van der Waals surface area contributed by atoms with Gasteiger partial charge in [-0.3, -0.25) is 4.79 Å². The molecule has 0 radical (unpaired) electrons. The standard InChI is InChI=1S/C16H22N2O4/c1-5-13(19)17-7-6-10-9-18-11-8-12(20-2)15(21-3)16(22-4)14(10)11/h8-9,18H,5-7H2,1-4H3,(H,17,19). The van der Waals surface area contributed by atoms with Crippen molar-refractivity contribution in [3.8, 4) is 17.2 Å². The number of rotatable bonds is 7. The molecular weight excluding hydrogens is 284 g/mol. The van der Waals surface area contributed by atoms with Gasteiger partial charge in [0.1, 0.15) is 0 Å². The van der Waals surface area contributed by atoms with Gasteiger partial charge in [-0.25, -0.2) is 0 Å². The lowest BCUT2D eigenvalue weighted by atomic mass is 10.1. The summed E-state index contributed by atoms with van der Waals surface area (Å²) in [4.78, 5) is 14.5. The summed E-state index contributed by atoms with van der Waals surface area (Å²) in [6, 6.07) is 1.88. The van der Waals surface area contributed by atoms with Crippen LogP contribution in [0, 0.1) is 0 Å². The number of hydrogen-bond donors (Lipinski definition) is 2. The van der Waals surface area contributed by atoms with Crippen molar-refractivity contribution >= 4 is 16.8 Å². The maximum atomic E-state index is 11.3. The quantitative estimate of drug-likeness (QED) is 0.823. The lowest BCUT2D eigenvalue weighted by molar-refractivity contribution is -0.120. The zero-order valence-corrected chi connectivity index (χ0v) is 13.4. The number of aromatic nitrogens is 1. The van der Waals surface area contributed by atoms with Crippen molar-refractivity contribution in [2.75, 3.05) is 27.9 Å². The summed E-state index contributed by atoms with van der Waals surface area (Å²) < 4.78 is 16.3. The third-order valence-corrected chi connectivity index (χ3v) is 3.59. The molecule has 2 rings (SSSR count). The number of amides is 1. The molecular formula is C16H22N2O4. The highest BCUT2D eigenvalue weighted by Crippen LogP contribution is 2.44. The second-order valence-electron chi connectivity index (χ2n) is 4.84. The van der Waals surface area contributed by atoms with Gasteiger partial charge in [0.25, 0.3) is 0 Å². The first-order valence-electron chi connectivity index (χ1n) is 7.21. The molecule has 0 saturated carbocycles. The molecule has 2 N–H and O–H groups in total. The highest BCUT2D eigenvalue weighted by atomic mass is 16.5. The Morgan fingerprint density at radius 3 is 2.50 bits per heavy atom. The van der Waals surface area contributed by atoms with E-state index in [2.05, 4.69) is 10.3 Å². The lowest BCUT2D eigenvalue weighted by Gasteiger charge is -2.14. The molecule has 1 aromatic carbocycles. The molecule has 0 spiro atoms. The van der Waals surface area contributed by atoms with E-state index in [-0.39, 0.29) is 5.91 Å². The molecule has 0 fully saturated rings. The molecule has 1 heterocycles. The van der Waals surface area contributed by atoms with Crippen LogP contribution >= 0.6 is 0 Å². The molecule has 0 aliphatic carbocycles. The SMILES string of the molecule is CCC(=O)NCCc1c[nH]c2cc(OC)c(OC)c(OC)c12. The van der Waals surface area contributed by atoms with E-state index in [9.17, 15) is 4.79 Å². The van der Waals surface area contributed by atoms with Crippen molar-refractivity contribution in [2.45, 2.75) is 19.8 Å². The van der Waals surface area contributed by atoms with Crippen LogP contribution in [-0.4, -0.2) is 38.8 Å². The number of methoxy groups -OCH3 is 3. The van der Waals surface area contributed by atoms with Crippen LogP contribution in [-0.2, 0) is 11.2 Å². The van der Waals surface area contributed by atoms with Gasteiger partial charge in [-0.2, -0.15) is 0 Å². The summed E-state index contributed by atoms with van der Waals surface area (Å²) in [7, 11) is 4.78. The lowest BCUT2D eigenvalue weighted by Crippen LogP contribution is -2.24. The Morgan fingerprint density at radius 1 is 1.18 bits per heavy atom. The Balaban J connectivity index is 2.38. The number of fused-ring (bicyclic) bond motifs is 1. The molecule has 1 aromatic heterocycles. The van der Waals surface area contributed by atoms with Crippen molar-refractivity contribution in [3.05, 3.63) is 17.8 Å². The fourth-order valence-corrected chi connectivity index (χ4v) is 2.48. The van der Waals surface area contributed by atoms with Crippen LogP contribution in [0.5, 0.6) is 17.2 Å². The summed E-state index contributed by atoms with van der Waals surface area (Å²) in [6.07, 6.45) is 3.12. The zero-order valence-electron chi connectivity index (χ0n) is 13.4. The predicted molar refractivity (Wildman–Crippen MR) is 85.0 cm³/mol. The van der Waals surface area contributed by atoms with E-state index in [0.717, 1.165) is 16.5 Å². The van der Waals surface area contributed by atoms with E-state index in [4.69, 9.17) is 14.2 Å². The van der Waals surface area contributed by atoms with Gasteiger partial charge in [-0.1, -0.05) is 6.92 Å². The van der Waals surface area contributed by atoms with E-state index in [1.165, 1.54) is 0 Å². The molecule has 120 valence electrons. The van der Waals surface area contributed by atoms with Crippen LogP contribution in [0.3, 0.4) is 0 Å². The van der Waals surface area contributed by atoms with Crippen molar-refractivity contribution in [1.82, 2.24) is 10.3 Å². The van der Waals surface area contributed by atoms with Gasteiger partial charge in [-0.05, 0) is 12.0 Å². The number of hydrogen-bond acceptors (Lipinski definition) is 4. The Hall–Kier alpha value is -2.37. The Labute approximate surface area is 129 Å². The van der Waals surface area contributed by atoms with Crippen LogP contribution < -0.4 is 19.5 Å². The molecule has 2 aromatic rings. The van der Waals surface area contributed by atoms with E-state index >= 15 is 0 Å². The van der Waals surface area contributed by atoms with Crippen molar-refractivity contribution in [3.63, 3.8) is 0 Å². The number of carbonyl (C=O) groups excluding carboxylic acids is 1. The summed E-state index contributed by atoms with van der Waals surface area (Å²) in [5.74, 6) is 1.86. The topological polar surface area (TPSA) is 72.6 Å². The van der Waals surface area contributed by atoms with Crippen LogP contribution in [0.1, 0.15) is 18.9 Å². The van der Waals surface area contributed by atoms with Crippen LogP contribution in [0.25, 0.3) is 10.9 Å². The summed E-state index contributed by atoms with van der Waals surface area (Å²) >= 11 is 0. The smallest absolute Gasteiger partial charge is 0.219 e. The monoisotopic (exact) mass is 306 g/mol. The first kappa shape index (κ1) is 16.0. The molecule has 0 unspecified atom stereocenters. The van der Waals surface area contributed by atoms with Gasteiger partial charge in [-0.15, -0.1) is 0 Å². The maximum absolute atomic E-state index is 11.3. The minimum atomic E-state index is 0.0473. The van der Waals surface area contributed by atoms with Gasteiger partial charge in [0.05, 0.1) is 26.8 Å². The van der Waals surface area contributed by atoms with Gasteiger partial charge in [0, 0.05) is 30.6 Å². The fourth-order valence-electron chi connectivity index (χ4n) is 2.48. The van der Waals surface area contributed by atoms with Crippen LogP contribution in [0.4, 0.5) is 0 Å². The van der Waals surface area contributed by atoms with Gasteiger partial charge in [0.2, 0.25) is 11.7 Å². The first-order valence-corrected chi connectivity index (χ1v) is 7.21. The van der Waals surface area contributed by atoms with E-state index < -0.39 is 0 Å². The molecule has 22 heavy (non-hydrogen) atoms. The second-order valence-corrected chi connectivity index (χ2v) is 4.84. The van der Waals surface area contributed by atoms with Gasteiger partial charge < -0.3 is 24.5 Å². The van der Waals surface area contributed by atoms with Gasteiger partial charge >= 0.3 is 0 Å². The Morgan fingerprint density at radius 2 is 1.91 bits per heavy atom. The number of ether oxygens (including phenoxy) is 3. The van der Waals surface area contributed by atoms with Crippen molar-refractivity contribution in [1.29, 1.82) is 0 Å². The molecule has 0 aliphatic heterocycles. The van der Waals surface area contributed by atoms with E-state index in [0.29, 0.717) is 36.6 Å². The van der Waals surface area contributed by atoms with Crippen LogP contribution in [0.2, 0.25) is 0 Å². The Kier molecular flexibility index (Phi) is 5.14. The normalized spacial score (nSPS) is 10.5. The minimum absolute atomic E-state index is 0.0473. The third kappa shape index (κ3) is 2.95. The maximum Gasteiger partial charge on any atom is 0.219 e. The number of benzene rings is 1. The zero-order chi connectivity index (χ0) is 16.1. The minimum Gasteiger partial charge on any atom is -0.493 e. The Bertz CT molecular complexity index is 664. The molecule has 0 saturated heterocycles. The van der Waals surface area contributed by atoms with E-state index in [1.807, 2.05) is 19.2 Å². The summed E-state index contributed by atoms with van der Waals surface area (Å²) in [5, 5.41) is 3.82. The van der Waals surface area contributed by atoms with Crippen molar-refractivity contribution < 1.29 is 19.0 Å². The number of H-pyrrole nitrogens is 1. The molecule has 0 atom stereocenters. The predicted octanol–water partition coefficient (Wildman–Crippen LogP) is 2.26. The number of carbonyl (C=O) groups is 1. The fraction of sp³-hybridized carbons (Fsp3) is 0.438. The molecule has 1 amide bonds. The summed E-state index contributed by atoms with van der Waals surface area (Å²) in [6.45, 7) is 2.42. The van der Waals surface area contributed by atoms with Crippen LogP contribution in [0.15, 0.2) is 12.3 Å². The van der Waals surface area contributed by atoms with Gasteiger partial charge in [0.15, 0.2) is 11.5 Å². The summed E-state index contributed by atoms with van der Waals surface area (Å²) in [5.41, 5.74) is 1.97. The number of aromatic amines is 1. The van der Waals surface area contributed by atoms with E-state index in [1.54, 1.807) is 21.3 Å². The molecule has 0 aliphatic rings.